The van der Waals surface area contributed by atoms with E-state index in [2.05, 4.69) is 4.98 Å². The number of pyridine rings is 1. The van der Waals surface area contributed by atoms with Gasteiger partial charge in [-0.05, 0) is 43.9 Å². The van der Waals surface area contributed by atoms with Crippen molar-refractivity contribution in [2.24, 2.45) is 0 Å². The number of rotatable bonds is 6. The Hall–Kier alpha value is -2.90. The lowest BCUT2D eigenvalue weighted by atomic mass is 9.96. The molecule has 0 radical (unpaired) electrons. The standard InChI is InChI=1S/C21H22ClN3O4/c1-24(2)9-10-25-18(13-5-4-8-23-12-13)17(20(27)21(25)28)19(26)15-11-14(22)6-7-16(15)29-3/h4-8,11-12,18,26H,9-10H2,1-3H3. The molecule has 1 saturated heterocycles. The largest absolute Gasteiger partial charge is 0.507 e. The van der Waals surface area contributed by atoms with Crippen molar-refractivity contribution in [2.75, 3.05) is 34.3 Å². The molecule has 0 saturated carbocycles. The molecular weight excluding hydrogens is 394 g/mol. The summed E-state index contributed by atoms with van der Waals surface area (Å²) in [6.45, 7) is 0.880. The summed E-state index contributed by atoms with van der Waals surface area (Å²) in [5, 5.41) is 11.4. The Morgan fingerprint density at radius 3 is 2.69 bits per heavy atom. The number of likely N-dealkylation sites (N-methyl/N-ethyl adjacent to an activating group) is 1. The zero-order valence-electron chi connectivity index (χ0n) is 16.4. The van der Waals surface area contributed by atoms with Crippen LogP contribution in [0, 0.1) is 0 Å². The fraction of sp³-hybridized carbons (Fsp3) is 0.286. The number of likely N-dealkylation sites (tertiary alicyclic amines) is 1. The number of methoxy groups -OCH3 is 1. The van der Waals surface area contributed by atoms with E-state index in [1.165, 1.54) is 18.1 Å². The third kappa shape index (κ3) is 4.11. The number of carbonyl (C=O) groups is 2. The van der Waals surface area contributed by atoms with E-state index in [-0.39, 0.29) is 16.9 Å². The van der Waals surface area contributed by atoms with Crippen molar-refractivity contribution in [1.82, 2.24) is 14.8 Å². The van der Waals surface area contributed by atoms with Crippen LogP contribution in [-0.2, 0) is 9.59 Å². The van der Waals surface area contributed by atoms with E-state index in [1.54, 1.807) is 36.7 Å². The molecule has 7 nitrogen and oxygen atoms in total. The van der Waals surface area contributed by atoms with E-state index in [1.807, 2.05) is 19.0 Å². The fourth-order valence-electron chi connectivity index (χ4n) is 3.31. The molecule has 1 fully saturated rings. The third-order valence-electron chi connectivity index (χ3n) is 4.74. The molecule has 152 valence electrons. The van der Waals surface area contributed by atoms with Crippen LogP contribution in [-0.4, -0.2) is 65.9 Å². The first-order valence-electron chi connectivity index (χ1n) is 9.02. The van der Waals surface area contributed by atoms with Crippen LogP contribution in [0.3, 0.4) is 0 Å². The quantitative estimate of drug-likeness (QED) is 0.443. The van der Waals surface area contributed by atoms with Gasteiger partial charge in [0.1, 0.15) is 11.5 Å². The molecule has 0 aliphatic carbocycles. The van der Waals surface area contributed by atoms with Crippen LogP contribution < -0.4 is 4.74 Å². The molecule has 29 heavy (non-hydrogen) atoms. The number of hydrogen-bond acceptors (Lipinski definition) is 6. The van der Waals surface area contributed by atoms with E-state index < -0.39 is 17.7 Å². The number of amides is 1. The number of ketones is 1. The molecular formula is C21H22ClN3O4. The monoisotopic (exact) mass is 415 g/mol. The van der Waals surface area contributed by atoms with Gasteiger partial charge in [0.2, 0.25) is 0 Å². The van der Waals surface area contributed by atoms with Crippen molar-refractivity contribution >= 4 is 29.1 Å². The molecule has 1 atom stereocenters. The Morgan fingerprint density at radius 2 is 2.07 bits per heavy atom. The van der Waals surface area contributed by atoms with Crippen LogP contribution in [0.25, 0.3) is 5.76 Å². The molecule has 0 bridgehead atoms. The molecule has 2 heterocycles. The maximum absolute atomic E-state index is 12.9. The number of Topliss-reactive ketones (excluding diaryl/α,β-unsaturated/α-hetero) is 1. The Balaban J connectivity index is 2.19. The Bertz CT molecular complexity index is 960. The predicted molar refractivity (Wildman–Crippen MR) is 110 cm³/mol. The van der Waals surface area contributed by atoms with Gasteiger partial charge in [-0.2, -0.15) is 0 Å². The number of hydrogen-bond donors (Lipinski definition) is 1. The number of aliphatic hydroxyl groups excluding tert-OH is 1. The summed E-state index contributed by atoms with van der Waals surface area (Å²) in [6.07, 6.45) is 3.19. The van der Waals surface area contributed by atoms with E-state index in [4.69, 9.17) is 16.3 Å². The van der Waals surface area contributed by atoms with Crippen molar-refractivity contribution in [3.05, 3.63) is 64.4 Å². The van der Waals surface area contributed by atoms with Crippen LogP contribution in [0.1, 0.15) is 17.2 Å². The first-order chi connectivity index (χ1) is 13.8. The number of halogens is 1. The summed E-state index contributed by atoms with van der Waals surface area (Å²) >= 11 is 6.09. The molecule has 1 unspecified atom stereocenters. The van der Waals surface area contributed by atoms with Gasteiger partial charge in [-0.25, -0.2) is 0 Å². The molecule has 3 rings (SSSR count). The lowest BCUT2D eigenvalue weighted by Gasteiger charge is -2.26. The average molecular weight is 416 g/mol. The van der Waals surface area contributed by atoms with Gasteiger partial charge in [-0.1, -0.05) is 17.7 Å². The van der Waals surface area contributed by atoms with Crippen molar-refractivity contribution in [3.8, 4) is 5.75 Å². The van der Waals surface area contributed by atoms with Gasteiger partial charge in [-0.3, -0.25) is 14.6 Å². The van der Waals surface area contributed by atoms with Gasteiger partial charge >= 0.3 is 0 Å². The number of nitrogens with zero attached hydrogens (tertiary/aromatic N) is 3. The smallest absolute Gasteiger partial charge is 0.295 e. The molecule has 1 amide bonds. The van der Waals surface area contributed by atoms with Gasteiger partial charge in [0.25, 0.3) is 11.7 Å². The lowest BCUT2D eigenvalue weighted by molar-refractivity contribution is -0.140. The minimum Gasteiger partial charge on any atom is -0.507 e. The second-order valence-corrected chi connectivity index (χ2v) is 7.36. The van der Waals surface area contributed by atoms with Crippen molar-refractivity contribution in [3.63, 3.8) is 0 Å². The molecule has 2 aromatic rings. The highest BCUT2D eigenvalue weighted by Gasteiger charge is 2.46. The Kier molecular flexibility index (Phi) is 6.20. The van der Waals surface area contributed by atoms with Gasteiger partial charge in [0.15, 0.2) is 0 Å². The van der Waals surface area contributed by atoms with Crippen molar-refractivity contribution < 1.29 is 19.4 Å². The second-order valence-electron chi connectivity index (χ2n) is 6.93. The van der Waals surface area contributed by atoms with Crippen LogP contribution >= 0.6 is 11.6 Å². The van der Waals surface area contributed by atoms with E-state index in [0.29, 0.717) is 29.4 Å². The number of ether oxygens (including phenoxy) is 1. The van der Waals surface area contributed by atoms with Crippen molar-refractivity contribution in [1.29, 1.82) is 0 Å². The molecule has 1 aliphatic rings. The highest BCUT2D eigenvalue weighted by Crippen LogP contribution is 2.41. The zero-order chi connectivity index (χ0) is 21.1. The summed E-state index contributed by atoms with van der Waals surface area (Å²) in [6, 6.07) is 7.45. The summed E-state index contributed by atoms with van der Waals surface area (Å²) in [4.78, 5) is 33.2. The number of aliphatic hydroxyl groups is 1. The maximum Gasteiger partial charge on any atom is 0.295 e. The predicted octanol–water partition coefficient (Wildman–Crippen LogP) is 2.73. The second kappa shape index (κ2) is 8.63. The highest BCUT2D eigenvalue weighted by molar-refractivity contribution is 6.46. The molecule has 0 spiro atoms. The highest BCUT2D eigenvalue weighted by atomic mass is 35.5. The van der Waals surface area contributed by atoms with Gasteiger partial charge in [0.05, 0.1) is 24.3 Å². The number of carbonyl (C=O) groups excluding carboxylic acids is 2. The molecule has 1 aromatic carbocycles. The summed E-state index contributed by atoms with van der Waals surface area (Å²) in [5.41, 5.74) is 0.870. The van der Waals surface area contributed by atoms with E-state index >= 15 is 0 Å². The van der Waals surface area contributed by atoms with Crippen molar-refractivity contribution in [2.45, 2.75) is 6.04 Å². The maximum atomic E-state index is 12.9. The van der Waals surface area contributed by atoms with Gasteiger partial charge in [-0.15, -0.1) is 0 Å². The minimum absolute atomic E-state index is 0.0117. The summed E-state index contributed by atoms with van der Waals surface area (Å²) in [7, 11) is 5.22. The summed E-state index contributed by atoms with van der Waals surface area (Å²) in [5.74, 6) is -1.40. The number of aromatic nitrogens is 1. The minimum atomic E-state index is -0.757. The van der Waals surface area contributed by atoms with Gasteiger partial charge in [0, 0.05) is 30.5 Å². The average Bonchev–Trinajstić information content (AvgIpc) is 2.97. The first-order valence-corrected chi connectivity index (χ1v) is 9.40. The van der Waals surface area contributed by atoms with Crippen LogP contribution in [0.5, 0.6) is 5.75 Å². The van der Waals surface area contributed by atoms with Crippen LogP contribution in [0.4, 0.5) is 0 Å². The fourth-order valence-corrected chi connectivity index (χ4v) is 3.49. The van der Waals surface area contributed by atoms with E-state index in [0.717, 1.165) is 0 Å². The summed E-state index contributed by atoms with van der Waals surface area (Å²) < 4.78 is 5.31. The lowest BCUT2D eigenvalue weighted by Crippen LogP contribution is -2.35. The molecule has 8 heteroatoms. The molecule has 1 aromatic heterocycles. The zero-order valence-corrected chi connectivity index (χ0v) is 17.2. The third-order valence-corrected chi connectivity index (χ3v) is 4.98. The van der Waals surface area contributed by atoms with Gasteiger partial charge < -0.3 is 19.6 Å². The molecule has 1 N–H and O–H groups in total. The molecule has 1 aliphatic heterocycles. The van der Waals surface area contributed by atoms with Crippen LogP contribution in [0.15, 0.2) is 48.3 Å². The first kappa shape index (κ1) is 20.8. The normalized spacial score (nSPS) is 18.5. The number of benzene rings is 1. The Labute approximate surface area is 174 Å². The van der Waals surface area contributed by atoms with Crippen LogP contribution in [0.2, 0.25) is 5.02 Å². The van der Waals surface area contributed by atoms with E-state index in [9.17, 15) is 14.7 Å². The SMILES string of the molecule is COc1ccc(Cl)cc1C(O)=C1C(=O)C(=O)N(CCN(C)C)C1c1cccnc1. The Morgan fingerprint density at radius 1 is 1.31 bits per heavy atom. The topological polar surface area (TPSA) is 83.0 Å².